The number of pyridine rings is 1. The van der Waals surface area contributed by atoms with Crippen LogP contribution in [0.2, 0.25) is 0 Å². The highest BCUT2D eigenvalue weighted by Crippen LogP contribution is 2.31. The molecule has 0 aliphatic rings. The van der Waals surface area contributed by atoms with Gasteiger partial charge in [-0.1, -0.05) is 0 Å². The lowest BCUT2D eigenvalue weighted by atomic mass is 10.1. The first-order valence-electron chi connectivity index (χ1n) is 3.83. The number of thiol groups is 1. The highest BCUT2D eigenvalue weighted by Gasteiger charge is 2.21. The molecule has 14 heavy (non-hydrogen) atoms. The number of rotatable bonds is 3. The van der Waals surface area contributed by atoms with Crippen molar-refractivity contribution in [1.82, 2.24) is 4.98 Å². The summed E-state index contributed by atoms with van der Waals surface area (Å²) in [7, 11) is 0. The third-order valence-corrected chi connectivity index (χ3v) is 3.38. The zero-order chi connectivity index (χ0) is 10.7. The minimum atomic E-state index is -0.973. The first-order valence-corrected chi connectivity index (χ1v) is 6.05. The molecule has 0 aliphatic heterocycles. The van der Waals surface area contributed by atoms with Crippen LogP contribution in [0.25, 0.3) is 0 Å². The van der Waals surface area contributed by atoms with Crippen molar-refractivity contribution in [2.24, 2.45) is 0 Å². The quantitative estimate of drug-likeness (QED) is 0.736. The number of hydrogen-bond acceptors (Lipinski definition) is 4. The smallest absolute Gasteiger partial charge is 0.108 e. The Morgan fingerprint density at radius 3 is 2.21 bits per heavy atom. The van der Waals surface area contributed by atoms with Crippen LogP contribution in [-0.2, 0) is 0 Å². The van der Waals surface area contributed by atoms with Gasteiger partial charge in [-0.2, -0.15) is 12.6 Å². The fourth-order valence-electron chi connectivity index (χ4n) is 0.996. The van der Waals surface area contributed by atoms with Gasteiger partial charge in [0.25, 0.3) is 0 Å². The van der Waals surface area contributed by atoms with Gasteiger partial charge in [0, 0.05) is 32.7 Å². The van der Waals surface area contributed by atoms with Crippen molar-refractivity contribution in [3.05, 3.63) is 26.9 Å². The molecule has 0 radical (unpaired) electrons. The van der Waals surface area contributed by atoms with Crippen molar-refractivity contribution in [3.8, 4) is 0 Å². The molecule has 3 nitrogen and oxygen atoms in total. The summed E-state index contributed by atoms with van der Waals surface area (Å²) >= 11 is 10.4. The van der Waals surface area contributed by atoms with E-state index in [1.165, 1.54) is 0 Å². The van der Waals surface area contributed by atoms with E-state index >= 15 is 0 Å². The zero-order valence-corrected chi connectivity index (χ0v) is 11.1. The van der Waals surface area contributed by atoms with Crippen molar-refractivity contribution >= 4 is 44.5 Å². The van der Waals surface area contributed by atoms with E-state index in [-0.39, 0.29) is 5.75 Å². The molecule has 0 saturated carbocycles. The second kappa shape index (κ2) is 5.46. The Labute approximate surface area is 104 Å². The monoisotopic (exact) mass is 341 g/mol. The number of halogens is 2. The maximum atomic E-state index is 9.76. The molecular formula is C8H9Br2NO2S. The fourth-order valence-corrected chi connectivity index (χ4v) is 2.59. The van der Waals surface area contributed by atoms with Crippen molar-refractivity contribution in [2.45, 2.75) is 12.2 Å². The van der Waals surface area contributed by atoms with Gasteiger partial charge in [0.1, 0.15) is 6.10 Å². The summed E-state index contributed by atoms with van der Waals surface area (Å²) in [4.78, 5) is 3.91. The molecule has 0 aromatic carbocycles. The van der Waals surface area contributed by atoms with Crippen LogP contribution in [-0.4, -0.2) is 27.1 Å². The second-order valence-electron chi connectivity index (χ2n) is 2.71. The van der Waals surface area contributed by atoms with Gasteiger partial charge in [-0.05, 0) is 31.9 Å². The van der Waals surface area contributed by atoms with Crippen LogP contribution in [0.1, 0.15) is 11.7 Å². The lowest BCUT2D eigenvalue weighted by Gasteiger charge is -2.18. The highest BCUT2D eigenvalue weighted by atomic mass is 79.9. The standard InChI is InChI=1S/C8H9Br2NO2S/c9-4-1-11-2-5(10)7(4)8(13)6(12)3-14/h1-2,6,8,12-14H,3H2. The van der Waals surface area contributed by atoms with Gasteiger partial charge in [-0.15, -0.1) is 0 Å². The molecule has 1 aromatic rings. The molecule has 0 fully saturated rings. The predicted octanol–water partition coefficient (Wildman–Crippen LogP) is 1.93. The van der Waals surface area contributed by atoms with Gasteiger partial charge in [0.05, 0.1) is 6.10 Å². The lowest BCUT2D eigenvalue weighted by molar-refractivity contribution is 0.0328. The number of hydrogen-bond donors (Lipinski definition) is 3. The topological polar surface area (TPSA) is 53.4 Å². The Morgan fingerprint density at radius 2 is 1.79 bits per heavy atom. The lowest BCUT2D eigenvalue weighted by Crippen LogP contribution is -2.20. The molecule has 0 spiro atoms. The van der Waals surface area contributed by atoms with Crippen molar-refractivity contribution in [2.75, 3.05) is 5.75 Å². The molecule has 0 bridgehead atoms. The van der Waals surface area contributed by atoms with Gasteiger partial charge in [0.2, 0.25) is 0 Å². The third kappa shape index (κ3) is 2.70. The number of aliphatic hydroxyl groups excluding tert-OH is 2. The Bertz CT molecular complexity index is 304. The minimum Gasteiger partial charge on any atom is -0.389 e. The van der Waals surface area contributed by atoms with Crippen molar-refractivity contribution in [3.63, 3.8) is 0 Å². The van der Waals surface area contributed by atoms with Crippen LogP contribution in [0.15, 0.2) is 21.3 Å². The molecule has 78 valence electrons. The summed E-state index contributed by atoms with van der Waals surface area (Å²) in [5, 5.41) is 19.2. The van der Waals surface area contributed by atoms with Crippen molar-refractivity contribution in [1.29, 1.82) is 0 Å². The minimum absolute atomic E-state index is 0.197. The molecule has 1 rings (SSSR count). The summed E-state index contributed by atoms with van der Waals surface area (Å²) < 4.78 is 1.31. The normalized spacial score (nSPS) is 15.2. The molecule has 1 aromatic heterocycles. The Morgan fingerprint density at radius 1 is 1.29 bits per heavy atom. The van der Waals surface area contributed by atoms with Crippen LogP contribution in [0, 0.1) is 0 Å². The number of nitrogens with zero attached hydrogens (tertiary/aromatic N) is 1. The Kier molecular flexibility index (Phi) is 4.86. The summed E-state index contributed by atoms with van der Waals surface area (Å²) in [6, 6.07) is 0. The van der Waals surface area contributed by atoms with E-state index in [2.05, 4.69) is 49.5 Å². The van der Waals surface area contributed by atoms with Crippen LogP contribution >= 0.6 is 44.5 Å². The Balaban J connectivity index is 3.05. The molecule has 0 saturated heterocycles. The van der Waals surface area contributed by atoms with Gasteiger partial charge < -0.3 is 10.2 Å². The largest absolute Gasteiger partial charge is 0.389 e. The first kappa shape index (κ1) is 12.4. The maximum Gasteiger partial charge on any atom is 0.108 e. The predicted molar refractivity (Wildman–Crippen MR) is 64.5 cm³/mol. The van der Waals surface area contributed by atoms with E-state index in [4.69, 9.17) is 0 Å². The van der Waals surface area contributed by atoms with E-state index in [9.17, 15) is 10.2 Å². The number of aromatic nitrogens is 1. The molecule has 2 atom stereocenters. The van der Waals surface area contributed by atoms with Gasteiger partial charge in [-0.3, -0.25) is 4.98 Å². The molecular weight excluding hydrogens is 334 g/mol. The SMILES string of the molecule is OC(CS)C(O)c1c(Br)cncc1Br. The average Bonchev–Trinajstić information content (AvgIpc) is 2.16. The van der Waals surface area contributed by atoms with Crippen LogP contribution < -0.4 is 0 Å². The molecule has 2 unspecified atom stereocenters. The summed E-state index contributed by atoms with van der Waals surface area (Å²) in [6.45, 7) is 0. The van der Waals surface area contributed by atoms with E-state index in [1.54, 1.807) is 12.4 Å². The summed E-state index contributed by atoms with van der Waals surface area (Å²) in [5.41, 5.74) is 0.585. The van der Waals surface area contributed by atoms with Gasteiger partial charge in [0.15, 0.2) is 0 Å². The molecule has 2 N–H and O–H groups in total. The molecule has 0 aliphatic carbocycles. The van der Waals surface area contributed by atoms with E-state index < -0.39 is 12.2 Å². The summed E-state index contributed by atoms with van der Waals surface area (Å²) in [5.74, 6) is 0.197. The van der Waals surface area contributed by atoms with Crippen LogP contribution in [0.3, 0.4) is 0 Å². The fraction of sp³-hybridized carbons (Fsp3) is 0.375. The van der Waals surface area contributed by atoms with Crippen LogP contribution in [0.4, 0.5) is 0 Å². The van der Waals surface area contributed by atoms with Crippen LogP contribution in [0.5, 0.6) is 0 Å². The first-order chi connectivity index (χ1) is 6.57. The molecule has 0 amide bonds. The van der Waals surface area contributed by atoms with Gasteiger partial charge in [-0.25, -0.2) is 0 Å². The second-order valence-corrected chi connectivity index (χ2v) is 4.79. The number of aliphatic hydroxyl groups is 2. The summed E-state index contributed by atoms with van der Waals surface area (Å²) in [6.07, 6.45) is 1.26. The average molecular weight is 343 g/mol. The van der Waals surface area contributed by atoms with Gasteiger partial charge >= 0.3 is 0 Å². The molecule has 6 heteroatoms. The van der Waals surface area contributed by atoms with E-state index in [0.29, 0.717) is 14.5 Å². The third-order valence-electron chi connectivity index (χ3n) is 1.74. The van der Waals surface area contributed by atoms with E-state index in [1.807, 2.05) is 0 Å². The van der Waals surface area contributed by atoms with E-state index in [0.717, 1.165) is 0 Å². The maximum absolute atomic E-state index is 9.76. The zero-order valence-electron chi connectivity index (χ0n) is 7.06. The highest BCUT2D eigenvalue weighted by molar-refractivity contribution is 9.11. The molecule has 1 heterocycles. The van der Waals surface area contributed by atoms with Crippen molar-refractivity contribution < 1.29 is 10.2 Å². The Hall–Kier alpha value is 0.380.